The second kappa shape index (κ2) is 10.4. The Labute approximate surface area is 231 Å². The summed E-state index contributed by atoms with van der Waals surface area (Å²) in [5.41, 5.74) is 8.82. The van der Waals surface area contributed by atoms with Crippen LogP contribution >= 0.6 is 0 Å². The number of hydrogen-bond donors (Lipinski definition) is 0. The number of esters is 1. The first kappa shape index (κ1) is 24.3. The molecule has 4 aliphatic heterocycles. The minimum absolute atomic E-state index is 0.229. The van der Waals surface area contributed by atoms with E-state index >= 15 is 0 Å². The maximum atomic E-state index is 12.9. The highest BCUT2D eigenvalue weighted by atomic mass is 16.5. The molecule has 3 saturated heterocycles. The Morgan fingerprint density at radius 2 is 1.05 bits per heavy atom. The van der Waals surface area contributed by atoms with Crippen LogP contribution < -0.4 is 14.7 Å². The van der Waals surface area contributed by atoms with Gasteiger partial charge in [-0.15, -0.1) is 0 Å². The molecule has 5 heteroatoms. The number of rotatable bonds is 6. The summed E-state index contributed by atoms with van der Waals surface area (Å²) < 4.78 is 5.98. The lowest BCUT2D eigenvalue weighted by molar-refractivity contribution is 0.0468. The molecule has 39 heavy (non-hydrogen) atoms. The number of nitrogens with zero attached hydrogens (tertiary/aromatic N) is 3. The third kappa shape index (κ3) is 4.80. The summed E-state index contributed by atoms with van der Waals surface area (Å²) in [5.74, 6) is -0.229. The van der Waals surface area contributed by atoms with Crippen molar-refractivity contribution < 1.29 is 9.53 Å². The van der Waals surface area contributed by atoms with Gasteiger partial charge < -0.3 is 19.4 Å². The average Bonchev–Trinajstić information content (AvgIpc) is 3.81. The van der Waals surface area contributed by atoms with Crippen molar-refractivity contribution in [2.24, 2.45) is 0 Å². The molecule has 3 fully saturated rings. The van der Waals surface area contributed by atoms with Gasteiger partial charge in [-0.1, -0.05) is 24.3 Å². The van der Waals surface area contributed by atoms with Crippen LogP contribution in [0.1, 0.15) is 71.7 Å². The third-order valence-electron chi connectivity index (χ3n) is 8.88. The Kier molecular flexibility index (Phi) is 6.51. The summed E-state index contributed by atoms with van der Waals surface area (Å²) in [6, 6.07) is 24.1. The summed E-state index contributed by atoms with van der Waals surface area (Å²) in [4.78, 5) is 20.2. The molecular weight excluding hydrogens is 482 g/mol. The van der Waals surface area contributed by atoms with Crippen LogP contribution in [0.25, 0.3) is 5.57 Å². The van der Waals surface area contributed by atoms with Gasteiger partial charge in [-0.05, 0) is 104 Å². The first-order valence-electron chi connectivity index (χ1n) is 14.8. The smallest absolute Gasteiger partial charge is 0.339 e. The van der Waals surface area contributed by atoms with Crippen molar-refractivity contribution in [1.29, 1.82) is 0 Å². The fraction of sp³-hybridized carbons (Fsp3) is 0.382. The van der Waals surface area contributed by atoms with E-state index < -0.39 is 6.10 Å². The van der Waals surface area contributed by atoms with Gasteiger partial charge in [0.15, 0.2) is 0 Å². The molecule has 4 heterocycles. The fourth-order valence-corrected chi connectivity index (χ4v) is 6.67. The maximum absolute atomic E-state index is 12.9. The lowest BCUT2D eigenvalue weighted by atomic mass is 9.93. The molecule has 0 amide bonds. The number of cyclic esters (lactones) is 1. The van der Waals surface area contributed by atoms with Crippen LogP contribution in [-0.4, -0.2) is 45.2 Å². The lowest BCUT2D eigenvalue weighted by Gasteiger charge is -2.20. The quantitative estimate of drug-likeness (QED) is 0.334. The summed E-state index contributed by atoms with van der Waals surface area (Å²) in [6.07, 6.45) is 9.27. The number of ether oxygens (including phenoxy) is 1. The Hall–Kier alpha value is -3.73. The number of carbonyl (C=O) groups is 1. The van der Waals surface area contributed by atoms with Crippen LogP contribution in [0.3, 0.4) is 0 Å². The van der Waals surface area contributed by atoms with E-state index in [9.17, 15) is 4.79 Å². The van der Waals surface area contributed by atoms with Gasteiger partial charge in [-0.3, -0.25) is 0 Å². The molecule has 0 N–H and O–H groups in total. The lowest BCUT2D eigenvalue weighted by Crippen LogP contribution is -2.17. The summed E-state index contributed by atoms with van der Waals surface area (Å²) in [6.45, 7) is 6.68. The Morgan fingerprint density at radius 1 is 0.615 bits per heavy atom. The molecule has 0 aliphatic carbocycles. The van der Waals surface area contributed by atoms with Gasteiger partial charge in [0.05, 0.1) is 5.56 Å². The minimum Gasteiger partial charge on any atom is -0.450 e. The molecule has 3 aromatic carbocycles. The molecule has 5 nitrogen and oxygen atoms in total. The molecule has 1 atom stereocenters. The predicted octanol–water partition coefficient (Wildman–Crippen LogP) is 6.83. The zero-order chi connectivity index (χ0) is 26.2. The highest BCUT2D eigenvalue weighted by Crippen LogP contribution is 2.39. The van der Waals surface area contributed by atoms with Gasteiger partial charge in [0.25, 0.3) is 0 Å². The molecule has 0 bridgehead atoms. The van der Waals surface area contributed by atoms with Crippen LogP contribution in [0.2, 0.25) is 0 Å². The van der Waals surface area contributed by atoms with Gasteiger partial charge in [0.1, 0.15) is 6.10 Å². The van der Waals surface area contributed by atoms with E-state index in [0.717, 1.165) is 61.5 Å². The van der Waals surface area contributed by atoms with Crippen molar-refractivity contribution in [3.63, 3.8) is 0 Å². The first-order chi connectivity index (χ1) is 19.2. The van der Waals surface area contributed by atoms with Gasteiger partial charge in [0, 0.05) is 61.9 Å². The molecule has 0 aromatic heterocycles. The summed E-state index contributed by atoms with van der Waals surface area (Å²) in [7, 11) is 0. The SMILES string of the molecule is O=C1OC(C=C(c2ccc(N3CCCC3)cc2)c2ccc(N3CCCC3)cc2)c2cc(N3CCCC3)ccc21. The van der Waals surface area contributed by atoms with Crippen LogP contribution in [0.4, 0.5) is 17.1 Å². The van der Waals surface area contributed by atoms with Gasteiger partial charge >= 0.3 is 5.97 Å². The molecule has 1 unspecified atom stereocenters. The maximum Gasteiger partial charge on any atom is 0.339 e. The monoisotopic (exact) mass is 519 g/mol. The summed E-state index contributed by atoms with van der Waals surface area (Å²) in [5, 5.41) is 0. The van der Waals surface area contributed by atoms with Crippen LogP contribution in [0, 0.1) is 0 Å². The molecule has 200 valence electrons. The Morgan fingerprint density at radius 3 is 1.54 bits per heavy atom. The predicted molar refractivity (Wildman–Crippen MR) is 159 cm³/mol. The van der Waals surface area contributed by atoms with E-state index in [2.05, 4.69) is 81.4 Å². The largest absolute Gasteiger partial charge is 0.450 e. The topological polar surface area (TPSA) is 36.0 Å². The van der Waals surface area contributed by atoms with Crippen molar-refractivity contribution in [1.82, 2.24) is 0 Å². The molecule has 0 spiro atoms. The van der Waals surface area contributed by atoms with E-state index in [4.69, 9.17) is 4.74 Å². The van der Waals surface area contributed by atoms with Crippen molar-refractivity contribution in [3.05, 3.63) is 95.1 Å². The van der Waals surface area contributed by atoms with Crippen LogP contribution in [0.15, 0.2) is 72.8 Å². The van der Waals surface area contributed by atoms with E-state index in [-0.39, 0.29) is 5.97 Å². The number of anilines is 3. The number of hydrogen-bond acceptors (Lipinski definition) is 5. The molecule has 4 aliphatic rings. The molecular formula is C34H37N3O2. The van der Waals surface area contributed by atoms with Gasteiger partial charge in [0.2, 0.25) is 0 Å². The summed E-state index contributed by atoms with van der Waals surface area (Å²) >= 11 is 0. The molecule has 0 radical (unpaired) electrons. The van der Waals surface area contributed by atoms with Crippen molar-refractivity contribution >= 4 is 28.6 Å². The number of fused-ring (bicyclic) bond motifs is 1. The molecule has 7 rings (SSSR count). The van der Waals surface area contributed by atoms with E-state index in [1.54, 1.807) is 0 Å². The zero-order valence-corrected chi connectivity index (χ0v) is 22.6. The standard InChI is InChI=1S/C34H37N3O2/c38-34-30-16-15-29(37-21-5-6-22-37)23-32(30)33(39-34)24-31(25-7-11-27(12-8-25)35-17-1-2-18-35)26-9-13-28(14-10-26)36-19-3-4-20-36/h7-16,23-24,33H,1-6,17-22H2. The van der Waals surface area contributed by atoms with E-state index in [1.807, 2.05) is 6.07 Å². The third-order valence-corrected chi connectivity index (χ3v) is 8.88. The number of carbonyl (C=O) groups excluding carboxylic acids is 1. The highest BCUT2D eigenvalue weighted by Gasteiger charge is 2.31. The van der Waals surface area contributed by atoms with Crippen LogP contribution in [-0.2, 0) is 4.74 Å². The van der Waals surface area contributed by atoms with Gasteiger partial charge in [-0.25, -0.2) is 4.79 Å². The zero-order valence-electron chi connectivity index (χ0n) is 22.6. The van der Waals surface area contributed by atoms with Crippen molar-refractivity contribution in [2.45, 2.75) is 44.6 Å². The van der Waals surface area contributed by atoms with E-state index in [1.165, 1.54) is 55.6 Å². The van der Waals surface area contributed by atoms with Crippen LogP contribution in [0.5, 0.6) is 0 Å². The first-order valence-corrected chi connectivity index (χ1v) is 14.8. The van der Waals surface area contributed by atoms with E-state index in [0.29, 0.717) is 5.56 Å². The minimum atomic E-state index is -0.401. The average molecular weight is 520 g/mol. The number of benzene rings is 3. The van der Waals surface area contributed by atoms with Crippen molar-refractivity contribution in [2.75, 3.05) is 54.0 Å². The Bertz CT molecular complexity index is 1300. The Balaban J connectivity index is 1.26. The molecule has 0 saturated carbocycles. The second-order valence-electron chi connectivity index (χ2n) is 11.4. The van der Waals surface area contributed by atoms with Crippen molar-refractivity contribution in [3.8, 4) is 0 Å². The highest BCUT2D eigenvalue weighted by molar-refractivity contribution is 5.95. The van der Waals surface area contributed by atoms with Gasteiger partial charge in [-0.2, -0.15) is 0 Å². The molecule has 3 aromatic rings. The fourth-order valence-electron chi connectivity index (χ4n) is 6.67. The normalized spacial score (nSPS) is 20.5. The second-order valence-corrected chi connectivity index (χ2v) is 11.4.